The van der Waals surface area contributed by atoms with Crippen molar-refractivity contribution in [2.75, 3.05) is 20.8 Å². The Morgan fingerprint density at radius 3 is 2.68 bits per heavy atom. The van der Waals surface area contributed by atoms with Crippen molar-refractivity contribution >= 4 is 16.9 Å². The minimum Gasteiger partial charge on any atom is -0.497 e. The molecule has 19 heavy (non-hydrogen) atoms. The number of rotatable bonds is 4. The van der Waals surface area contributed by atoms with Crippen molar-refractivity contribution < 1.29 is 19.0 Å². The molecule has 5 heteroatoms. The lowest BCUT2D eigenvalue weighted by molar-refractivity contribution is 0.0594. The Morgan fingerprint density at radius 2 is 2.05 bits per heavy atom. The summed E-state index contributed by atoms with van der Waals surface area (Å²) >= 11 is 0. The Hall–Kier alpha value is -2.30. The van der Waals surface area contributed by atoms with Gasteiger partial charge >= 0.3 is 5.97 Å². The first-order valence-electron chi connectivity index (χ1n) is 5.89. The van der Waals surface area contributed by atoms with E-state index in [0.29, 0.717) is 23.6 Å². The fraction of sp³-hybridized carbons (Fsp3) is 0.286. The monoisotopic (exact) mass is 261 g/mol. The maximum absolute atomic E-state index is 11.6. The number of benzene rings is 1. The number of hydrogen-bond acceptors (Lipinski definition) is 5. The van der Waals surface area contributed by atoms with E-state index in [2.05, 4.69) is 9.72 Å². The molecule has 0 unspecified atom stereocenters. The lowest BCUT2D eigenvalue weighted by Crippen LogP contribution is -2.06. The molecule has 1 heterocycles. The topological polar surface area (TPSA) is 57.7 Å². The van der Waals surface area contributed by atoms with Gasteiger partial charge in [-0.05, 0) is 25.1 Å². The third kappa shape index (κ3) is 2.59. The van der Waals surface area contributed by atoms with E-state index in [-0.39, 0.29) is 5.69 Å². The van der Waals surface area contributed by atoms with Gasteiger partial charge in [0.1, 0.15) is 11.5 Å². The molecule has 0 N–H and O–H groups in total. The predicted octanol–water partition coefficient (Wildman–Crippen LogP) is 2.43. The fourth-order valence-electron chi connectivity index (χ4n) is 1.79. The molecule has 0 bridgehead atoms. The molecular weight excluding hydrogens is 246 g/mol. The molecule has 2 rings (SSSR count). The number of esters is 1. The molecule has 0 spiro atoms. The highest BCUT2D eigenvalue weighted by Crippen LogP contribution is 2.29. The summed E-state index contributed by atoms with van der Waals surface area (Å²) in [6.07, 6.45) is 0. The number of carbonyl (C=O) groups excluding carboxylic acids is 1. The molecule has 5 nitrogen and oxygen atoms in total. The third-order valence-electron chi connectivity index (χ3n) is 2.67. The molecule has 2 aromatic rings. The van der Waals surface area contributed by atoms with E-state index in [1.807, 2.05) is 13.0 Å². The van der Waals surface area contributed by atoms with Crippen LogP contribution >= 0.6 is 0 Å². The lowest BCUT2D eigenvalue weighted by Gasteiger charge is -2.10. The second-order valence-electron chi connectivity index (χ2n) is 3.81. The zero-order chi connectivity index (χ0) is 13.8. The van der Waals surface area contributed by atoms with E-state index in [1.165, 1.54) is 7.11 Å². The zero-order valence-corrected chi connectivity index (χ0v) is 11.1. The van der Waals surface area contributed by atoms with Gasteiger partial charge in [-0.1, -0.05) is 0 Å². The Morgan fingerprint density at radius 1 is 1.26 bits per heavy atom. The highest BCUT2D eigenvalue weighted by Gasteiger charge is 2.13. The van der Waals surface area contributed by atoms with Crippen molar-refractivity contribution in [3.05, 3.63) is 30.0 Å². The van der Waals surface area contributed by atoms with Crippen LogP contribution in [0.3, 0.4) is 0 Å². The number of fused-ring (bicyclic) bond motifs is 1. The molecule has 0 saturated heterocycles. The van der Waals surface area contributed by atoms with E-state index in [9.17, 15) is 4.79 Å². The van der Waals surface area contributed by atoms with Crippen LogP contribution in [-0.2, 0) is 4.74 Å². The van der Waals surface area contributed by atoms with E-state index >= 15 is 0 Å². The van der Waals surface area contributed by atoms with Crippen LogP contribution in [0.4, 0.5) is 0 Å². The first-order valence-corrected chi connectivity index (χ1v) is 5.89. The van der Waals surface area contributed by atoms with Crippen molar-refractivity contribution in [3.63, 3.8) is 0 Å². The van der Waals surface area contributed by atoms with Crippen LogP contribution in [0.15, 0.2) is 24.3 Å². The summed E-state index contributed by atoms with van der Waals surface area (Å²) in [7, 11) is 2.92. The summed E-state index contributed by atoms with van der Waals surface area (Å²) in [5, 5.41) is 0.800. The van der Waals surface area contributed by atoms with Gasteiger partial charge in [-0.2, -0.15) is 0 Å². The summed E-state index contributed by atoms with van der Waals surface area (Å²) in [5.74, 6) is 0.812. The fourth-order valence-corrected chi connectivity index (χ4v) is 1.79. The van der Waals surface area contributed by atoms with Gasteiger partial charge in [0.05, 0.1) is 26.3 Å². The third-order valence-corrected chi connectivity index (χ3v) is 2.67. The molecule has 0 amide bonds. The standard InChI is InChI=1S/C14H15NO4/c1-4-19-13-8-12(14(16)18-3)15-11-6-5-9(17-2)7-10(11)13/h5-8H,4H2,1-3H3. The van der Waals surface area contributed by atoms with Crippen LogP contribution in [0, 0.1) is 0 Å². The van der Waals surface area contributed by atoms with E-state index < -0.39 is 5.97 Å². The van der Waals surface area contributed by atoms with Crippen molar-refractivity contribution in [1.82, 2.24) is 4.98 Å². The van der Waals surface area contributed by atoms with Crippen LogP contribution < -0.4 is 9.47 Å². The van der Waals surface area contributed by atoms with Gasteiger partial charge in [-0.3, -0.25) is 0 Å². The molecule has 0 aliphatic rings. The number of methoxy groups -OCH3 is 2. The van der Waals surface area contributed by atoms with Crippen LogP contribution in [0.2, 0.25) is 0 Å². The zero-order valence-electron chi connectivity index (χ0n) is 11.1. The molecule has 1 aromatic heterocycles. The maximum Gasteiger partial charge on any atom is 0.356 e. The first-order chi connectivity index (χ1) is 9.19. The van der Waals surface area contributed by atoms with Crippen LogP contribution in [0.1, 0.15) is 17.4 Å². The molecule has 1 aromatic carbocycles. The second kappa shape index (κ2) is 5.56. The summed E-state index contributed by atoms with van der Waals surface area (Å²) in [5.41, 5.74) is 0.885. The smallest absolute Gasteiger partial charge is 0.356 e. The van der Waals surface area contributed by atoms with Crippen molar-refractivity contribution in [3.8, 4) is 11.5 Å². The van der Waals surface area contributed by atoms with Crippen LogP contribution in [-0.4, -0.2) is 31.8 Å². The van der Waals surface area contributed by atoms with Crippen molar-refractivity contribution in [2.24, 2.45) is 0 Å². The Kier molecular flexibility index (Phi) is 3.85. The summed E-state index contributed by atoms with van der Waals surface area (Å²) < 4.78 is 15.4. The summed E-state index contributed by atoms with van der Waals surface area (Å²) in [6.45, 7) is 2.38. The van der Waals surface area contributed by atoms with E-state index in [0.717, 1.165) is 5.39 Å². The number of carbonyl (C=O) groups is 1. The number of nitrogens with zero attached hydrogens (tertiary/aromatic N) is 1. The lowest BCUT2D eigenvalue weighted by atomic mass is 10.1. The Labute approximate surface area is 111 Å². The maximum atomic E-state index is 11.6. The normalized spacial score (nSPS) is 10.3. The second-order valence-corrected chi connectivity index (χ2v) is 3.81. The first kappa shape index (κ1) is 13.1. The highest BCUT2D eigenvalue weighted by molar-refractivity contribution is 5.94. The molecule has 0 fully saturated rings. The molecule has 0 aliphatic heterocycles. The van der Waals surface area contributed by atoms with Gasteiger partial charge in [-0.25, -0.2) is 9.78 Å². The Bertz CT molecular complexity index is 610. The van der Waals surface area contributed by atoms with Crippen LogP contribution in [0.25, 0.3) is 10.9 Å². The summed E-state index contributed by atoms with van der Waals surface area (Å²) in [4.78, 5) is 15.8. The molecular formula is C14H15NO4. The quantitative estimate of drug-likeness (QED) is 0.791. The molecule has 0 atom stereocenters. The van der Waals surface area contributed by atoms with Gasteiger partial charge in [0.15, 0.2) is 5.69 Å². The molecule has 0 aliphatic carbocycles. The van der Waals surface area contributed by atoms with E-state index in [1.54, 1.807) is 25.3 Å². The van der Waals surface area contributed by atoms with E-state index in [4.69, 9.17) is 9.47 Å². The predicted molar refractivity (Wildman–Crippen MR) is 70.8 cm³/mol. The Balaban J connectivity index is 2.64. The SMILES string of the molecule is CCOc1cc(C(=O)OC)nc2ccc(OC)cc12. The summed E-state index contributed by atoms with van der Waals surface area (Å²) in [6, 6.07) is 6.97. The number of hydrogen-bond donors (Lipinski definition) is 0. The molecule has 100 valence electrons. The number of aromatic nitrogens is 1. The highest BCUT2D eigenvalue weighted by atomic mass is 16.5. The molecule has 0 saturated carbocycles. The molecule has 0 radical (unpaired) electrons. The average molecular weight is 261 g/mol. The minimum atomic E-state index is -0.487. The number of ether oxygens (including phenoxy) is 3. The number of pyridine rings is 1. The van der Waals surface area contributed by atoms with Gasteiger partial charge in [0.2, 0.25) is 0 Å². The minimum absolute atomic E-state index is 0.226. The van der Waals surface area contributed by atoms with Gasteiger partial charge in [0.25, 0.3) is 0 Å². The van der Waals surface area contributed by atoms with Gasteiger partial charge in [0, 0.05) is 11.5 Å². The van der Waals surface area contributed by atoms with Crippen molar-refractivity contribution in [1.29, 1.82) is 0 Å². The van der Waals surface area contributed by atoms with Gasteiger partial charge in [-0.15, -0.1) is 0 Å². The average Bonchev–Trinajstić information content (AvgIpc) is 2.46. The van der Waals surface area contributed by atoms with Crippen LogP contribution in [0.5, 0.6) is 11.5 Å². The largest absolute Gasteiger partial charge is 0.497 e. The van der Waals surface area contributed by atoms with Crippen molar-refractivity contribution in [2.45, 2.75) is 6.92 Å². The van der Waals surface area contributed by atoms with Gasteiger partial charge < -0.3 is 14.2 Å².